The first-order valence-electron chi connectivity index (χ1n) is 6.53. The maximum absolute atomic E-state index is 2.46. The molecule has 0 aliphatic carbocycles. The van der Waals surface area contributed by atoms with Crippen molar-refractivity contribution < 1.29 is 5.32 Å². The van der Waals surface area contributed by atoms with Gasteiger partial charge in [-0.1, -0.05) is 12.1 Å². The van der Waals surface area contributed by atoms with Crippen LogP contribution in [0.1, 0.15) is 38.3 Å². The Morgan fingerprint density at radius 2 is 1.88 bits per heavy atom. The fraction of sp³-hybridized carbons (Fsp3) is 0.571. The van der Waals surface area contributed by atoms with E-state index < -0.39 is 0 Å². The van der Waals surface area contributed by atoms with Crippen LogP contribution in [-0.2, 0) is 0 Å². The van der Waals surface area contributed by atoms with E-state index in [1.807, 2.05) is 0 Å². The summed E-state index contributed by atoms with van der Waals surface area (Å²) in [6.45, 7) is 7.89. The molecule has 0 saturated carbocycles. The van der Waals surface area contributed by atoms with Crippen LogP contribution in [0.4, 0.5) is 5.69 Å². The van der Waals surface area contributed by atoms with Crippen LogP contribution in [0, 0.1) is 0 Å². The van der Waals surface area contributed by atoms with Gasteiger partial charge in [0.1, 0.15) is 6.04 Å². The van der Waals surface area contributed by atoms with Gasteiger partial charge in [-0.2, -0.15) is 0 Å². The average molecular weight is 219 g/mol. The molecule has 1 aromatic rings. The molecule has 0 aromatic heterocycles. The first-order valence-corrected chi connectivity index (χ1v) is 6.53. The molecule has 1 heterocycles. The summed E-state index contributed by atoms with van der Waals surface area (Å²) in [5, 5.41) is 2.46. The molecule has 0 unspecified atom stereocenters. The van der Waals surface area contributed by atoms with Crippen LogP contribution in [0.5, 0.6) is 0 Å². The summed E-state index contributed by atoms with van der Waals surface area (Å²) in [5.74, 6) is 0. The topological polar surface area (TPSA) is 19.9 Å². The molecule has 2 nitrogen and oxygen atoms in total. The Hall–Kier alpha value is -1.02. The highest BCUT2D eigenvalue weighted by atomic mass is 15.1. The molecular formula is C14H23N2+. The normalized spacial score (nSPS) is 20.0. The molecular weight excluding hydrogens is 196 g/mol. The summed E-state index contributed by atoms with van der Waals surface area (Å²) in [6.07, 6.45) is 2.70. The first-order chi connectivity index (χ1) is 7.85. The number of nitrogens with zero attached hydrogens (tertiary/aromatic N) is 1. The quantitative estimate of drug-likeness (QED) is 0.820. The van der Waals surface area contributed by atoms with Crippen LogP contribution in [0.2, 0.25) is 0 Å². The molecule has 2 N–H and O–H groups in total. The van der Waals surface area contributed by atoms with E-state index in [0.717, 1.165) is 13.1 Å². The second kappa shape index (κ2) is 5.35. The SMILES string of the molecule is CCN(CC)c1ccc([C@H]2CCC[NH2+]2)cc1. The smallest absolute Gasteiger partial charge is 0.112 e. The minimum Gasteiger partial charge on any atom is -0.372 e. The second-order valence-electron chi connectivity index (χ2n) is 4.54. The van der Waals surface area contributed by atoms with E-state index in [1.165, 1.54) is 30.6 Å². The van der Waals surface area contributed by atoms with Gasteiger partial charge in [-0.05, 0) is 26.0 Å². The van der Waals surface area contributed by atoms with E-state index in [2.05, 4.69) is 48.3 Å². The zero-order chi connectivity index (χ0) is 11.4. The Morgan fingerprint density at radius 3 is 2.38 bits per heavy atom. The maximum atomic E-state index is 2.46. The number of benzene rings is 1. The van der Waals surface area contributed by atoms with Crippen LogP contribution in [0.15, 0.2) is 24.3 Å². The van der Waals surface area contributed by atoms with Crippen LogP contribution in [0.3, 0.4) is 0 Å². The number of hydrogen-bond acceptors (Lipinski definition) is 1. The van der Waals surface area contributed by atoms with E-state index in [4.69, 9.17) is 0 Å². The Morgan fingerprint density at radius 1 is 1.19 bits per heavy atom. The molecule has 1 fully saturated rings. The molecule has 1 aliphatic heterocycles. The van der Waals surface area contributed by atoms with Crippen LogP contribution in [-0.4, -0.2) is 19.6 Å². The third-order valence-corrected chi connectivity index (χ3v) is 3.62. The number of anilines is 1. The van der Waals surface area contributed by atoms with Gasteiger partial charge in [-0.15, -0.1) is 0 Å². The molecule has 1 aromatic carbocycles. The van der Waals surface area contributed by atoms with Crippen molar-refractivity contribution >= 4 is 5.69 Å². The molecule has 0 radical (unpaired) electrons. The third kappa shape index (κ3) is 2.38. The molecule has 1 atom stereocenters. The van der Waals surface area contributed by atoms with Gasteiger partial charge in [-0.3, -0.25) is 0 Å². The molecule has 0 amide bonds. The van der Waals surface area contributed by atoms with Crippen LogP contribution >= 0.6 is 0 Å². The van der Waals surface area contributed by atoms with Gasteiger partial charge < -0.3 is 10.2 Å². The highest BCUT2D eigenvalue weighted by molar-refractivity contribution is 5.47. The van der Waals surface area contributed by atoms with Gasteiger partial charge in [-0.25, -0.2) is 0 Å². The molecule has 1 saturated heterocycles. The molecule has 0 spiro atoms. The fourth-order valence-electron chi connectivity index (χ4n) is 2.60. The van der Waals surface area contributed by atoms with Gasteiger partial charge in [0, 0.05) is 37.2 Å². The van der Waals surface area contributed by atoms with E-state index in [0.29, 0.717) is 6.04 Å². The largest absolute Gasteiger partial charge is 0.372 e. The maximum Gasteiger partial charge on any atom is 0.112 e. The minimum absolute atomic E-state index is 0.714. The van der Waals surface area contributed by atoms with Crippen LogP contribution < -0.4 is 10.2 Å². The summed E-state index contributed by atoms with van der Waals surface area (Å²) in [4.78, 5) is 2.39. The monoisotopic (exact) mass is 219 g/mol. The van der Waals surface area contributed by atoms with E-state index in [1.54, 1.807) is 0 Å². The van der Waals surface area contributed by atoms with Crippen molar-refractivity contribution in [1.82, 2.24) is 0 Å². The van der Waals surface area contributed by atoms with Crippen molar-refractivity contribution in [3.63, 3.8) is 0 Å². The minimum atomic E-state index is 0.714. The summed E-state index contributed by atoms with van der Waals surface area (Å²) >= 11 is 0. The Bertz CT molecular complexity index is 287. The lowest BCUT2D eigenvalue weighted by Gasteiger charge is -2.21. The first kappa shape index (κ1) is 11.5. The summed E-state index contributed by atoms with van der Waals surface area (Å²) < 4.78 is 0. The highest BCUT2D eigenvalue weighted by Gasteiger charge is 2.19. The number of quaternary nitrogens is 1. The lowest BCUT2D eigenvalue weighted by atomic mass is 10.0. The third-order valence-electron chi connectivity index (χ3n) is 3.62. The molecule has 0 bridgehead atoms. The molecule has 16 heavy (non-hydrogen) atoms. The Labute approximate surface area is 98.7 Å². The number of nitrogens with two attached hydrogens (primary N) is 1. The van der Waals surface area contributed by atoms with Gasteiger partial charge >= 0.3 is 0 Å². The molecule has 1 aliphatic rings. The summed E-state index contributed by atoms with van der Waals surface area (Å²) in [5.41, 5.74) is 2.85. The predicted molar refractivity (Wildman–Crippen MR) is 68.8 cm³/mol. The van der Waals surface area contributed by atoms with E-state index in [-0.39, 0.29) is 0 Å². The standard InChI is InChI=1S/C14H22N2/c1-3-16(4-2)13-9-7-12(8-10-13)14-6-5-11-15-14/h7-10,14-15H,3-6,11H2,1-2H3/p+1/t14-/m1/s1. The second-order valence-corrected chi connectivity index (χ2v) is 4.54. The van der Waals surface area contributed by atoms with E-state index >= 15 is 0 Å². The van der Waals surface area contributed by atoms with Gasteiger partial charge in [0.2, 0.25) is 0 Å². The van der Waals surface area contributed by atoms with Crippen molar-refractivity contribution in [2.75, 3.05) is 24.5 Å². The van der Waals surface area contributed by atoms with Crippen molar-refractivity contribution in [2.45, 2.75) is 32.7 Å². The lowest BCUT2D eigenvalue weighted by molar-refractivity contribution is -0.676. The molecule has 2 rings (SSSR count). The number of rotatable bonds is 4. The summed E-state index contributed by atoms with van der Waals surface area (Å²) in [7, 11) is 0. The number of hydrogen-bond donors (Lipinski definition) is 1. The molecule has 2 heteroatoms. The predicted octanol–water partition coefficient (Wildman–Crippen LogP) is 1.93. The van der Waals surface area contributed by atoms with E-state index in [9.17, 15) is 0 Å². The van der Waals surface area contributed by atoms with Crippen molar-refractivity contribution in [2.24, 2.45) is 0 Å². The zero-order valence-corrected chi connectivity index (χ0v) is 10.4. The average Bonchev–Trinajstić information content (AvgIpc) is 2.85. The highest BCUT2D eigenvalue weighted by Crippen LogP contribution is 2.21. The lowest BCUT2D eigenvalue weighted by Crippen LogP contribution is -2.81. The summed E-state index contributed by atoms with van der Waals surface area (Å²) in [6, 6.07) is 9.87. The van der Waals surface area contributed by atoms with Gasteiger partial charge in [0.15, 0.2) is 0 Å². The Balaban J connectivity index is 2.09. The zero-order valence-electron chi connectivity index (χ0n) is 10.4. The van der Waals surface area contributed by atoms with Gasteiger partial charge in [0.05, 0.1) is 6.54 Å². The van der Waals surface area contributed by atoms with Crippen molar-refractivity contribution in [3.05, 3.63) is 29.8 Å². The molecule has 88 valence electrons. The fourth-order valence-corrected chi connectivity index (χ4v) is 2.60. The van der Waals surface area contributed by atoms with Crippen LogP contribution in [0.25, 0.3) is 0 Å². The Kier molecular flexibility index (Phi) is 3.83. The van der Waals surface area contributed by atoms with Crippen molar-refractivity contribution in [1.29, 1.82) is 0 Å². The van der Waals surface area contributed by atoms with Crippen molar-refractivity contribution in [3.8, 4) is 0 Å². The van der Waals surface area contributed by atoms with Gasteiger partial charge in [0.25, 0.3) is 0 Å².